The lowest BCUT2D eigenvalue weighted by Gasteiger charge is -2.06. The lowest BCUT2D eigenvalue weighted by Crippen LogP contribution is -2.12. The Balaban J connectivity index is 1.59. The Morgan fingerprint density at radius 2 is 2.15 bits per heavy atom. The SMILES string of the molecule is O=C(Nc1nnc(-c2ccsc2)s1)c1ccc(-n2ccnc2)c([N+](=O)[O-])c1. The number of aromatic nitrogens is 4. The summed E-state index contributed by atoms with van der Waals surface area (Å²) in [6.07, 6.45) is 4.56. The molecule has 3 heterocycles. The van der Waals surface area contributed by atoms with E-state index in [1.807, 2.05) is 16.8 Å². The Morgan fingerprint density at radius 3 is 2.85 bits per heavy atom. The van der Waals surface area contributed by atoms with Crippen molar-refractivity contribution in [3.05, 3.63) is 69.4 Å². The molecular formula is C16H10N6O3S2. The van der Waals surface area contributed by atoms with E-state index in [-0.39, 0.29) is 11.3 Å². The molecule has 1 aromatic carbocycles. The number of carbonyl (C=O) groups is 1. The van der Waals surface area contributed by atoms with Crippen molar-refractivity contribution in [1.29, 1.82) is 0 Å². The number of rotatable bonds is 5. The second-order valence-electron chi connectivity index (χ2n) is 5.31. The van der Waals surface area contributed by atoms with Crippen LogP contribution in [0.4, 0.5) is 10.8 Å². The maximum Gasteiger partial charge on any atom is 0.294 e. The van der Waals surface area contributed by atoms with E-state index in [9.17, 15) is 14.9 Å². The topological polar surface area (TPSA) is 116 Å². The van der Waals surface area contributed by atoms with E-state index < -0.39 is 10.8 Å². The molecule has 0 saturated heterocycles. The van der Waals surface area contributed by atoms with Crippen molar-refractivity contribution in [3.63, 3.8) is 0 Å². The highest BCUT2D eigenvalue weighted by Gasteiger charge is 2.19. The molecule has 134 valence electrons. The van der Waals surface area contributed by atoms with Crippen LogP contribution in [0.3, 0.4) is 0 Å². The fourth-order valence-corrected chi connectivity index (χ4v) is 3.83. The Labute approximate surface area is 160 Å². The first-order chi connectivity index (χ1) is 13.1. The number of hydrogen-bond acceptors (Lipinski definition) is 8. The van der Waals surface area contributed by atoms with Gasteiger partial charge in [-0.3, -0.25) is 20.2 Å². The molecule has 1 amide bonds. The Kier molecular flexibility index (Phi) is 4.44. The van der Waals surface area contributed by atoms with E-state index in [0.29, 0.717) is 15.8 Å². The van der Waals surface area contributed by atoms with Gasteiger partial charge in [0.1, 0.15) is 10.7 Å². The maximum atomic E-state index is 12.5. The highest BCUT2D eigenvalue weighted by atomic mass is 32.1. The molecule has 4 rings (SSSR count). The third-order valence-electron chi connectivity index (χ3n) is 3.63. The van der Waals surface area contributed by atoms with Gasteiger partial charge in [0.25, 0.3) is 11.6 Å². The second-order valence-corrected chi connectivity index (χ2v) is 7.07. The molecule has 0 radical (unpaired) electrons. The Morgan fingerprint density at radius 1 is 1.26 bits per heavy atom. The minimum atomic E-state index is -0.536. The van der Waals surface area contributed by atoms with Gasteiger partial charge < -0.3 is 4.57 Å². The number of anilines is 1. The summed E-state index contributed by atoms with van der Waals surface area (Å²) in [5.74, 6) is -0.497. The third-order valence-corrected chi connectivity index (χ3v) is 5.20. The van der Waals surface area contributed by atoms with Crippen molar-refractivity contribution in [3.8, 4) is 16.3 Å². The molecule has 0 aliphatic rings. The van der Waals surface area contributed by atoms with Crippen LogP contribution in [-0.2, 0) is 0 Å². The Bertz CT molecular complexity index is 1110. The van der Waals surface area contributed by atoms with Crippen molar-refractivity contribution in [2.45, 2.75) is 0 Å². The molecule has 0 bridgehead atoms. The summed E-state index contributed by atoms with van der Waals surface area (Å²) >= 11 is 2.77. The molecule has 0 fully saturated rings. The summed E-state index contributed by atoms with van der Waals surface area (Å²) in [5, 5.41) is 26.9. The van der Waals surface area contributed by atoms with Crippen molar-refractivity contribution < 1.29 is 9.72 Å². The van der Waals surface area contributed by atoms with E-state index in [0.717, 1.165) is 5.56 Å². The first-order valence-corrected chi connectivity index (χ1v) is 9.32. The average Bonchev–Trinajstić information content (AvgIpc) is 3.42. The molecule has 0 unspecified atom stereocenters. The highest BCUT2D eigenvalue weighted by Crippen LogP contribution is 2.29. The number of imidazole rings is 1. The number of nitrogens with one attached hydrogen (secondary N) is 1. The average molecular weight is 398 g/mol. The van der Waals surface area contributed by atoms with E-state index >= 15 is 0 Å². The van der Waals surface area contributed by atoms with Gasteiger partial charge >= 0.3 is 0 Å². The normalized spacial score (nSPS) is 10.7. The van der Waals surface area contributed by atoms with Gasteiger partial charge in [-0.25, -0.2) is 4.98 Å². The zero-order valence-corrected chi connectivity index (χ0v) is 15.1. The van der Waals surface area contributed by atoms with Gasteiger partial charge in [-0.1, -0.05) is 11.3 Å². The van der Waals surface area contributed by atoms with Crippen molar-refractivity contribution >= 4 is 39.4 Å². The predicted molar refractivity (Wildman–Crippen MR) is 101 cm³/mol. The molecule has 0 saturated carbocycles. The first kappa shape index (κ1) is 17.0. The number of nitrogens with zero attached hydrogens (tertiary/aromatic N) is 5. The van der Waals surface area contributed by atoms with Crippen LogP contribution < -0.4 is 5.32 Å². The zero-order chi connectivity index (χ0) is 18.8. The molecule has 27 heavy (non-hydrogen) atoms. The van der Waals surface area contributed by atoms with Gasteiger partial charge in [0.15, 0.2) is 0 Å². The van der Waals surface area contributed by atoms with E-state index in [1.165, 1.54) is 46.6 Å². The van der Waals surface area contributed by atoms with Crippen LogP contribution in [0, 0.1) is 10.1 Å². The lowest BCUT2D eigenvalue weighted by atomic mass is 10.1. The van der Waals surface area contributed by atoms with Crippen LogP contribution in [-0.4, -0.2) is 30.6 Å². The molecule has 0 spiro atoms. The van der Waals surface area contributed by atoms with Gasteiger partial charge in [0.2, 0.25) is 5.13 Å². The third kappa shape index (κ3) is 3.45. The van der Waals surface area contributed by atoms with E-state index in [1.54, 1.807) is 17.5 Å². The summed E-state index contributed by atoms with van der Waals surface area (Å²) < 4.78 is 1.51. The van der Waals surface area contributed by atoms with Crippen LogP contribution in [0.15, 0.2) is 53.7 Å². The lowest BCUT2D eigenvalue weighted by molar-refractivity contribution is -0.384. The zero-order valence-electron chi connectivity index (χ0n) is 13.5. The molecule has 4 aromatic rings. The molecule has 0 aliphatic heterocycles. The van der Waals surface area contributed by atoms with Gasteiger partial charge in [0, 0.05) is 35.0 Å². The Hall–Kier alpha value is -3.44. The quantitative estimate of drug-likeness (QED) is 0.405. The minimum absolute atomic E-state index is 0.151. The standard InChI is InChI=1S/C16H10N6O3S2/c23-14(18-16-20-19-15(27-16)11-3-6-26-8-11)10-1-2-12(13(7-10)22(24)25)21-5-4-17-9-21/h1-9H,(H,18,20,23). The minimum Gasteiger partial charge on any atom is -0.300 e. The monoisotopic (exact) mass is 398 g/mol. The molecule has 0 aliphatic carbocycles. The summed E-state index contributed by atoms with van der Waals surface area (Å²) in [7, 11) is 0. The maximum absolute atomic E-state index is 12.5. The van der Waals surface area contributed by atoms with E-state index in [2.05, 4.69) is 20.5 Å². The summed E-state index contributed by atoms with van der Waals surface area (Å²) in [4.78, 5) is 27.2. The van der Waals surface area contributed by atoms with Crippen LogP contribution in [0.2, 0.25) is 0 Å². The summed E-state index contributed by atoms with van der Waals surface area (Å²) in [5.41, 5.74) is 1.21. The number of nitro groups is 1. The predicted octanol–water partition coefficient (Wildman–Crippen LogP) is 3.61. The molecule has 3 aromatic heterocycles. The number of nitro benzene ring substituents is 1. The molecule has 1 N–H and O–H groups in total. The van der Waals surface area contributed by atoms with Crippen molar-refractivity contribution in [2.75, 3.05) is 5.32 Å². The largest absolute Gasteiger partial charge is 0.300 e. The van der Waals surface area contributed by atoms with Crippen LogP contribution in [0.1, 0.15) is 10.4 Å². The highest BCUT2D eigenvalue weighted by molar-refractivity contribution is 7.19. The fraction of sp³-hybridized carbons (Fsp3) is 0. The van der Waals surface area contributed by atoms with Crippen LogP contribution in [0.5, 0.6) is 0 Å². The summed E-state index contributed by atoms with van der Waals surface area (Å²) in [6.45, 7) is 0. The fourth-order valence-electron chi connectivity index (χ4n) is 2.38. The first-order valence-electron chi connectivity index (χ1n) is 7.56. The van der Waals surface area contributed by atoms with Crippen LogP contribution in [0.25, 0.3) is 16.3 Å². The van der Waals surface area contributed by atoms with E-state index in [4.69, 9.17) is 0 Å². The number of carbonyl (C=O) groups excluding carboxylic acids is 1. The van der Waals surface area contributed by atoms with Gasteiger partial charge in [-0.2, -0.15) is 11.3 Å². The van der Waals surface area contributed by atoms with Gasteiger partial charge in [-0.05, 0) is 23.6 Å². The molecule has 9 nitrogen and oxygen atoms in total. The van der Waals surface area contributed by atoms with Crippen molar-refractivity contribution in [2.24, 2.45) is 0 Å². The van der Waals surface area contributed by atoms with Gasteiger partial charge in [-0.15, -0.1) is 10.2 Å². The molecule has 11 heteroatoms. The smallest absolute Gasteiger partial charge is 0.294 e. The molecule has 0 atom stereocenters. The van der Waals surface area contributed by atoms with Crippen molar-refractivity contribution in [1.82, 2.24) is 19.7 Å². The van der Waals surface area contributed by atoms with Gasteiger partial charge in [0.05, 0.1) is 11.3 Å². The second kappa shape index (κ2) is 7.05. The van der Waals surface area contributed by atoms with Crippen LogP contribution >= 0.6 is 22.7 Å². The number of hydrogen-bond donors (Lipinski definition) is 1. The number of thiophene rings is 1. The summed E-state index contributed by atoms with van der Waals surface area (Å²) in [6, 6.07) is 6.16. The number of benzene rings is 1. The number of amides is 1. The molecular weight excluding hydrogens is 388 g/mol.